The molecule has 1 unspecified atom stereocenters. The first-order valence-electron chi connectivity index (χ1n) is 6.93. The van der Waals surface area contributed by atoms with E-state index in [-0.39, 0.29) is 10.7 Å². The van der Waals surface area contributed by atoms with Crippen LogP contribution in [0.15, 0.2) is 42.5 Å². The van der Waals surface area contributed by atoms with Crippen molar-refractivity contribution in [3.8, 4) is 0 Å². The summed E-state index contributed by atoms with van der Waals surface area (Å²) in [5.41, 5.74) is 4.28. The number of hydrogen-bond donors (Lipinski definition) is 1. The summed E-state index contributed by atoms with van der Waals surface area (Å²) in [4.78, 5) is 12.1. The van der Waals surface area contributed by atoms with E-state index in [2.05, 4.69) is 33.4 Å². The van der Waals surface area contributed by atoms with E-state index in [0.29, 0.717) is 0 Å². The SMILES string of the molecule is O=C1NCCc2ccc(C(Br)Cc3ccc(Cl)cc3)cc21. The predicted molar refractivity (Wildman–Crippen MR) is 89.3 cm³/mol. The highest BCUT2D eigenvalue weighted by Crippen LogP contribution is 2.29. The van der Waals surface area contributed by atoms with E-state index < -0.39 is 0 Å². The van der Waals surface area contributed by atoms with Gasteiger partial charge in [0.05, 0.1) is 0 Å². The lowest BCUT2D eigenvalue weighted by molar-refractivity contribution is 0.0946. The van der Waals surface area contributed by atoms with Crippen LogP contribution in [-0.4, -0.2) is 12.5 Å². The highest BCUT2D eigenvalue weighted by molar-refractivity contribution is 9.09. The zero-order chi connectivity index (χ0) is 14.8. The Kier molecular flexibility index (Phi) is 4.32. The fourth-order valence-corrected chi connectivity index (χ4v) is 3.35. The van der Waals surface area contributed by atoms with Crippen LogP contribution in [-0.2, 0) is 12.8 Å². The number of hydrogen-bond acceptors (Lipinski definition) is 1. The molecule has 0 radical (unpaired) electrons. The molecule has 0 saturated heterocycles. The van der Waals surface area contributed by atoms with Gasteiger partial charge in [-0.2, -0.15) is 0 Å². The van der Waals surface area contributed by atoms with Gasteiger partial charge in [0.15, 0.2) is 0 Å². The molecule has 0 fully saturated rings. The Morgan fingerprint density at radius 1 is 1.19 bits per heavy atom. The summed E-state index contributed by atoms with van der Waals surface area (Å²) in [7, 11) is 0. The van der Waals surface area contributed by atoms with E-state index in [4.69, 9.17) is 11.6 Å². The first-order valence-corrected chi connectivity index (χ1v) is 8.22. The Labute approximate surface area is 137 Å². The van der Waals surface area contributed by atoms with Gasteiger partial charge in [-0.15, -0.1) is 0 Å². The lowest BCUT2D eigenvalue weighted by Crippen LogP contribution is -2.31. The van der Waals surface area contributed by atoms with Gasteiger partial charge >= 0.3 is 0 Å². The molecule has 1 aliphatic heterocycles. The molecule has 1 atom stereocenters. The average molecular weight is 365 g/mol. The zero-order valence-electron chi connectivity index (χ0n) is 11.4. The molecule has 2 aromatic rings. The summed E-state index contributed by atoms with van der Waals surface area (Å²) < 4.78 is 0. The topological polar surface area (TPSA) is 29.1 Å². The Hall–Kier alpha value is -1.32. The maximum atomic E-state index is 11.9. The molecule has 1 heterocycles. The molecule has 21 heavy (non-hydrogen) atoms. The molecule has 2 nitrogen and oxygen atoms in total. The molecule has 2 aromatic carbocycles. The van der Waals surface area contributed by atoms with E-state index in [0.717, 1.165) is 41.1 Å². The number of carbonyl (C=O) groups excluding carboxylic acids is 1. The summed E-state index contributed by atoms with van der Waals surface area (Å²) >= 11 is 9.63. The largest absolute Gasteiger partial charge is 0.352 e. The molecule has 1 aliphatic rings. The Morgan fingerprint density at radius 2 is 1.95 bits per heavy atom. The van der Waals surface area contributed by atoms with E-state index in [9.17, 15) is 4.79 Å². The third-order valence-electron chi connectivity index (χ3n) is 3.75. The molecule has 0 aliphatic carbocycles. The first kappa shape index (κ1) is 14.6. The number of benzene rings is 2. The number of fused-ring (bicyclic) bond motifs is 1. The van der Waals surface area contributed by atoms with Crippen LogP contribution in [0.25, 0.3) is 0 Å². The first-order chi connectivity index (χ1) is 10.1. The second-order valence-corrected chi connectivity index (χ2v) is 6.76. The molecule has 4 heteroatoms. The zero-order valence-corrected chi connectivity index (χ0v) is 13.7. The van der Waals surface area contributed by atoms with Crippen molar-refractivity contribution in [2.45, 2.75) is 17.7 Å². The third kappa shape index (κ3) is 3.30. The summed E-state index contributed by atoms with van der Waals surface area (Å²) in [5.74, 6) is 0.0318. The van der Waals surface area contributed by atoms with E-state index >= 15 is 0 Å². The molecule has 0 spiro atoms. The summed E-state index contributed by atoms with van der Waals surface area (Å²) in [6, 6.07) is 14.0. The van der Waals surface area contributed by atoms with Crippen LogP contribution in [0.5, 0.6) is 0 Å². The fourth-order valence-electron chi connectivity index (χ4n) is 2.57. The van der Waals surface area contributed by atoms with Crippen LogP contribution >= 0.6 is 27.5 Å². The smallest absolute Gasteiger partial charge is 0.251 e. The lowest BCUT2D eigenvalue weighted by atomic mass is 9.95. The van der Waals surface area contributed by atoms with Crippen LogP contribution in [0.3, 0.4) is 0 Å². The van der Waals surface area contributed by atoms with Gasteiger partial charge in [0.2, 0.25) is 0 Å². The number of amides is 1. The van der Waals surface area contributed by atoms with Gasteiger partial charge in [-0.25, -0.2) is 0 Å². The Bertz CT molecular complexity index is 669. The summed E-state index contributed by atoms with van der Waals surface area (Å²) in [5, 5.41) is 3.64. The van der Waals surface area contributed by atoms with Crippen LogP contribution < -0.4 is 5.32 Å². The minimum Gasteiger partial charge on any atom is -0.352 e. The van der Waals surface area contributed by atoms with Crippen molar-refractivity contribution in [1.29, 1.82) is 0 Å². The Balaban J connectivity index is 1.81. The lowest BCUT2D eigenvalue weighted by Gasteiger charge is -2.19. The van der Waals surface area contributed by atoms with Crippen LogP contribution in [0.2, 0.25) is 5.02 Å². The minimum atomic E-state index is 0.0318. The maximum absolute atomic E-state index is 11.9. The van der Waals surface area contributed by atoms with Crippen molar-refractivity contribution in [2.24, 2.45) is 0 Å². The summed E-state index contributed by atoms with van der Waals surface area (Å²) in [6.07, 6.45) is 1.77. The number of halogens is 2. The molecule has 0 bridgehead atoms. The van der Waals surface area contributed by atoms with E-state index in [1.165, 1.54) is 5.56 Å². The maximum Gasteiger partial charge on any atom is 0.251 e. The second-order valence-electron chi connectivity index (χ2n) is 5.22. The van der Waals surface area contributed by atoms with Crippen LogP contribution in [0.4, 0.5) is 0 Å². The third-order valence-corrected chi connectivity index (χ3v) is 4.85. The minimum absolute atomic E-state index is 0.0318. The Morgan fingerprint density at radius 3 is 2.71 bits per heavy atom. The number of nitrogens with one attached hydrogen (secondary N) is 1. The van der Waals surface area contributed by atoms with Crippen molar-refractivity contribution >= 4 is 33.4 Å². The van der Waals surface area contributed by atoms with Gasteiger partial charge in [0, 0.05) is 22.0 Å². The van der Waals surface area contributed by atoms with Gasteiger partial charge < -0.3 is 5.32 Å². The fraction of sp³-hybridized carbons (Fsp3) is 0.235. The van der Waals surface area contributed by atoms with Gasteiger partial charge in [0.25, 0.3) is 5.91 Å². The molecule has 0 saturated carbocycles. The molecule has 3 rings (SSSR count). The number of rotatable bonds is 3. The van der Waals surface area contributed by atoms with Crippen molar-refractivity contribution in [3.63, 3.8) is 0 Å². The van der Waals surface area contributed by atoms with Crippen molar-refractivity contribution in [1.82, 2.24) is 5.32 Å². The van der Waals surface area contributed by atoms with Gasteiger partial charge in [-0.1, -0.05) is 51.8 Å². The van der Waals surface area contributed by atoms with Gasteiger partial charge in [-0.3, -0.25) is 4.79 Å². The van der Waals surface area contributed by atoms with Crippen LogP contribution in [0.1, 0.15) is 31.9 Å². The summed E-state index contributed by atoms with van der Waals surface area (Å²) in [6.45, 7) is 0.730. The molecule has 108 valence electrons. The van der Waals surface area contributed by atoms with Crippen molar-refractivity contribution in [2.75, 3.05) is 6.54 Å². The number of carbonyl (C=O) groups is 1. The average Bonchev–Trinajstić information content (AvgIpc) is 2.50. The van der Waals surface area contributed by atoms with Crippen LogP contribution in [0, 0.1) is 0 Å². The second kappa shape index (κ2) is 6.20. The molecule has 1 amide bonds. The van der Waals surface area contributed by atoms with E-state index in [1.807, 2.05) is 30.3 Å². The van der Waals surface area contributed by atoms with Gasteiger partial charge in [0.1, 0.15) is 0 Å². The molecular weight excluding hydrogens is 350 g/mol. The highest BCUT2D eigenvalue weighted by Gasteiger charge is 2.18. The highest BCUT2D eigenvalue weighted by atomic mass is 79.9. The predicted octanol–water partition coefficient (Wildman–Crippen LogP) is 4.30. The van der Waals surface area contributed by atoms with E-state index in [1.54, 1.807) is 0 Å². The monoisotopic (exact) mass is 363 g/mol. The standard InChI is InChI=1S/C17H15BrClNO/c18-16(9-11-1-5-14(19)6-2-11)13-4-3-12-7-8-20-17(21)15(12)10-13/h1-6,10,16H,7-9H2,(H,20,21). The van der Waals surface area contributed by atoms with Crippen molar-refractivity contribution < 1.29 is 4.79 Å². The van der Waals surface area contributed by atoms with Crippen molar-refractivity contribution in [3.05, 3.63) is 69.7 Å². The van der Waals surface area contributed by atoms with Gasteiger partial charge in [-0.05, 0) is 47.7 Å². The molecular formula is C17H15BrClNO. The normalized spacial score (nSPS) is 15.2. The quantitative estimate of drug-likeness (QED) is 0.808. The molecule has 0 aromatic heterocycles. The number of alkyl halides is 1. The molecule has 1 N–H and O–H groups in total.